The molecular formula is C34H47ClN2O5S. The van der Waals surface area contributed by atoms with Crippen molar-refractivity contribution in [2.24, 2.45) is 17.8 Å². The van der Waals surface area contributed by atoms with Crippen LogP contribution in [-0.4, -0.2) is 60.5 Å². The van der Waals surface area contributed by atoms with Crippen molar-refractivity contribution in [1.29, 1.82) is 0 Å². The Morgan fingerprint density at radius 1 is 1.09 bits per heavy atom. The summed E-state index contributed by atoms with van der Waals surface area (Å²) in [6.45, 7) is 6.17. The number of aliphatic hydroxyl groups excluding tert-OH is 1. The molecule has 9 heteroatoms. The van der Waals surface area contributed by atoms with E-state index in [2.05, 4.69) is 33.4 Å². The summed E-state index contributed by atoms with van der Waals surface area (Å²) in [6, 6.07) is 11.9. The molecule has 6 unspecified atom stereocenters. The Bertz CT molecular complexity index is 1320. The Kier molecular flexibility index (Phi) is 10.4. The van der Waals surface area contributed by atoms with Crippen LogP contribution in [0.3, 0.4) is 0 Å². The molecule has 2 aromatic rings. The number of halogens is 1. The highest BCUT2D eigenvalue weighted by molar-refractivity contribution is 7.84. The topological polar surface area (TPSA) is 88.1 Å². The molecule has 0 saturated heterocycles. The lowest BCUT2D eigenvalue weighted by atomic mass is 9.68. The summed E-state index contributed by atoms with van der Waals surface area (Å²) < 4.78 is 26.6. The normalized spacial score (nSPS) is 32.5. The van der Waals surface area contributed by atoms with Gasteiger partial charge in [0.15, 0.2) is 0 Å². The minimum atomic E-state index is -1.50. The Labute approximate surface area is 264 Å². The molecule has 1 amide bonds. The summed E-state index contributed by atoms with van der Waals surface area (Å²) >= 11 is 6.39. The van der Waals surface area contributed by atoms with Gasteiger partial charge in [-0.2, -0.15) is 0 Å². The van der Waals surface area contributed by atoms with E-state index in [4.69, 9.17) is 16.3 Å². The second kappa shape index (κ2) is 13.9. The maximum atomic E-state index is 13.3. The molecule has 43 heavy (non-hydrogen) atoms. The van der Waals surface area contributed by atoms with Crippen molar-refractivity contribution in [2.75, 3.05) is 38.8 Å². The number of hydrogen-bond donors (Lipinski definition) is 2. The summed E-state index contributed by atoms with van der Waals surface area (Å²) in [7, 11) is 1.75. The predicted molar refractivity (Wildman–Crippen MR) is 173 cm³/mol. The smallest absolute Gasteiger partial charge is 0.263 e. The molecule has 7 nitrogen and oxygen atoms in total. The number of benzene rings is 2. The van der Waals surface area contributed by atoms with Crippen molar-refractivity contribution >= 4 is 34.2 Å². The molecule has 0 radical (unpaired) electrons. The fourth-order valence-electron chi connectivity index (χ4n) is 7.42. The number of anilines is 1. The first-order valence-electron chi connectivity index (χ1n) is 15.8. The second-order valence-electron chi connectivity index (χ2n) is 13.1. The average molecular weight is 631 g/mol. The van der Waals surface area contributed by atoms with E-state index in [0.717, 1.165) is 80.9 Å². The van der Waals surface area contributed by atoms with Crippen LogP contribution in [0.4, 0.5) is 5.69 Å². The maximum Gasteiger partial charge on any atom is 0.263 e. The first-order valence-corrected chi connectivity index (χ1v) is 17.4. The first kappa shape index (κ1) is 32.3. The number of amides is 1. The van der Waals surface area contributed by atoms with E-state index in [1.54, 1.807) is 20.3 Å². The first-order chi connectivity index (χ1) is 20.7. The van der Waals surface area contributed by atoms with Crippen LogP contribution in [0, 0.1) is 17.8 Å². The molecule has 4 aliphatic rings. The monoisotopic (exact) mass is 630 g/mol. The molecule has 2 bridgehead atoms. The summed E-state index contributed by atoms with van der Waals surface area (Å²) in [5.41, 5.74) is 3.82. The van der Waals surface area contributed by atoms with Gasteiger partial charge in [0.25, 0.3) is 5.91 Å². The van der Waals surface area contributed by atoms with Crippen LogP contribution >= 0.6 is 11.6 Å². The van der Waals surface area contributed by atoms with Crippen LogP contribution in [0.25, 0.3) is 0 Å². The number of ether oxygens (including phenoxy) is 2. The van der Waals surface area contributed by atoms with Crippen LogP contribution < -0.4 is 14.4 Å². The summed E-state index contributed by atoms with van der Waals surface area (Å²) in [6.07, 6.45) is 7.47. The van der Waals surface area contributed by atoms with Gasteiger partial charge in [0.2, 0.25) is 0 Å². The van der Waals surface area contributed by atoms with E-state index in [0.29, 0.717) is 18.1 Å². The highest BCUT2D eigenvalue weighted by atomic mass is 35.5. The van der Waals surface area contributed by atoms with E-state index in [1.807, 2.05) is 25.1 Å². The Hall–Kier alpha value is -2.13. The number of fused-ring (bicyclic) bond motifs is 4. The predicted octanol–water partition coefficient (Wildman–Crippen LogP) is 6.06. The molecule has 7 atom stereocenters. The molecular weight excluding hydrogens is 584 g/mol. The molecule has 6 rings (SSSR count). The van der Waals surface area contributed by atoms with Crippen molar-refractivity contribution in [1.82, 2.24) is 4.72 Å². The highest BCUT2D eigenvalue weighted by Gasteiger charge is 2.44. The number of carbonyl (C=O) groups excluding carboxylic acids is 1. The third kappa shape index (κ3) is 6.92. The zero-order chi connectivity index (χ0) is 30.7. The number of aliphatic hydroxyl groups is 1. The fraction of sp³-hybridized carbons (Fsp3) is 0.618. The number of carbonyl (C=O) groups is 1. The lowest BCUT2D eigenvalue weighted by molar-refractivity contribution is 0.00857. The van der Waals surface area contributed by atoms with Gasteiger partial charge in [0, 0.05) is 43.3 Å². The molecule has 2 N–H and O–H groups in total. The molecule has 0 aromatic heterocycles. The van der Waals surface area contributed by atoms with Crippen LogP contribution in [0.15, 0.2) is 36.4 Å². The number of methoxy groups -OCH3 is 1. The van der Waals surface area contributed by atoms with E-state index in [9.17, 15) is 14.1 Å². The highest BCUT2D eigenvalue weighted by Crippen LogP contribution is 2.47. The van der Waals surface area contributed by atoms with E-state index >= 15 is 0 Å². The lowest BCUT2D eigenvalue weighted by Gasteiger charge is -2.46. The van der Waals surface area contributed by atoms with Crippen LogP contribution in [0.2, 0.25) is 5.02 Å². The van der Waals surface area contributed by atoms with Crippen LogP contribution in [-0.2, 0) is 27.6 Å². The van der Waals surface area contributed by atoms with Gasteiger partial charge in [-0.05, 0) is 111 Å². The minimum absolute atomic E-state index is 0.175. The summed E-state index contributed by atoms with van der Waals surface area (Å²) in [4.78, 5) is 15.7. The fourth-order valence-corrected chi connectivity index (χ4v) is 8.66. The van der Waals surface area contributed by atoms with Gasteiger partial charge in [0.05, 0.1) is 23.6 Å². The van der Waals surface area contributed by atoms with Gasteiger partial charge in [-0.15, -0.1) is 0 Å². The SMILES string of the molecule is CC1CCCC(O)C2CCC2CN2C[C@@]3(CCCc4cc(Cl)ccc43)COc3ccc(cc32)C(=O)NS(=O)C1C.COC. The number of nitrogens with one attached hydrogen (secondary N) is 1. The van der Waals surface area contributed by atoms with Gasteiger partial charge in [-0.3, -0.25) is 9.52 Å². The Morgan fingerprint density at radius 3 is 2.63 bits per heavy atom. The molecule has 1 spiro atoms. The van der Waals surface area contributed by atoms with Crippen LogP contribution in [0.1, 0.15) is 80.3 Å². The van der Waals surface area contributed by atoms with Gasteiger partial charge in [0.1, 0.15) is 16.7 Å². The third-order valence-electron chi connectivity index (χ3n) is 10.2. The Balaban J connectivity index is 0.00000118. The molecule has 1 saturated carbocycles. The lowest BCUT2D eigenvalue weighted by Crippen LogP contribution is -2.49. The third-order valence-corrected chi connectivity index (χ3v) is 12.0. The van der Waals surface area contributed by atoms with Gasteiger partial charge in [-0.25, -0.2) is 4.21 Å². The molecule has 236 valence electrons. The largest absolute Gasteiger partial charge is 0.490 e. The summed E-state index contributed by atoms with van der Waals surface area (Å²) in [5, 5.41) is 11.8. The number of rotatable bonds is 0. The zero-order valence-electron chi connectivity index (χ0n) is 25.9. The standard InChI is InChI=1S/C32H41ClN2O4S.C2H6O/c1-20-5-3-7-29(36)26-11-8-24(26)17-35-18-32(14-4-6-22-15-25(33)10-12-27(22)32)19-39-30-13-9-23(16-28(30)35)31(37)34-40(38)21(20)2;1-3-2/h9-10,12-13,15-16,20-21,24,26,29,36H,3-8,11,14,17-19H2,1-2H3,(H,34,37);1-2H3/t20?,21?,24?,26?,29?,32-,40?;/m0./s1. The number of nitrogens with zero attached hydrogens (tertiary/aromatic N) is 1. The number of aryl methyl sites for hydroxylation is 1. The second-order valence-corrected chi connectivity index (χ2v) is 15.1. The van der Waals surface area contributed by atoms with Crippen molar-refractivity contribution in [3.63, 3.8) is 0 Å². The maximum absolute atomic E-state index is 13.3. The summed E-state index contributed by atoms with van der Waals surface area (Å²) in [5.74, 6) is 1.30. The van der Waals surface area contributed by atoms with E-state index in [-0.39, 0.29) is 34.5 Å². The van der Waals surface area contributed by atoms with E-state index in [1.165, 1.54) is 11.1 Å². The minimum Gasteiger partial charge on any atom is -0.490 e. The molecule has 2 aliphatic heterocycles. The van der Waals surface area contributed by atoms with Gasteiger partial charge in [-0.1, -0.05) is 31.0 Å². The van der Waals surface area contributed by atoms with Crippen LogP contribution in [0.5, 0.6) is 5.75 Å². The number of hydrogen-bond acceptors (Lipinski definition) is 6. The van der Waals surface area contributed by atoms with Gasteiger partial charge < -0.3 is 19.5 Å². The van der Waals surface area contributed by atoms with Crippen molar-refractivity contribution in [3.05, 3.63) is 58.1 Å². The van der Waals surface area contributed by atoms with Gasteiger partial charge >= 0.3 is 0 Å². The molecule has 2 aliphatic carbocycles. The molecule has 2 aromatic carbocycles. The Morgan fingerprint density at radius 2 is 1.88 bits per heavy atom. The van der Waals surface area contributed by atoms with E-state index < -0.39 is 11.0 Å². The van der Waals surface area contributed by atoms with Crippen molar-refractivity contribution in [2.45, 2.75) is 82.0 Å². The average Bonchev–Trinajstić information content (AvgIpc) is 3.11. The van der Waals surface area contributed by atoms with Crippen molar-refractivity contribution < 1.29 is 23.6 Å². The molecule has 2 heterocycles. The molecule has 1 fully saturated rings. The van der Waals surface area contributed by atoms with Crippen molar-refractivity contribution in [3.8, 4) is 5.75 Å². The quantitative estimate of drug-likeness (QED) is 0.368. The zero-order valence-corrected chi connectivity index (χ0v) is 27.5.